The van der Waals surface area contributed by atoms with E-state index in [1.54, 1.807) is 6.33 Å². The van der Waals surface area contributed by atoms with E-state index in [0.29, 0.717) is 0 Å². The van der Waals surface area contributed by atoms with Gasteiger partial charge in [-0.2, -0.15) is 0 Å². The molecule has 2 aromatic heterocycles. The van der Waals surface area contributed by atoms with Crippen LogP contribution < -0.4 is 0 Å². The highest BCUT2D eigenvalue weighted by Gasteiger charge is 2.15. The molecule has 4 aromatic rings. The Morgan fingerprint density at radius 3 is 2.70 bits per heavy atom. The maximum Gasteiger partial charge on any atom is 0.0921 e. The van der Waals surface area contributed by atoms with Crippen molar-refractivity contribution in [2.45, 2.75) is 12.8 Å². The third kappa shape index (κ3) is 1.56. The molecule has 0 spiro atoms. The molecule has 3 nitrogen and oxygen atoms in total. The van der Waals surface area contributed by atoms with Gasteiger partial charge in [0.2, 0.25) is 0 Å². The van der Waals surface area contributed by atoms with Crippen LogP contribution in [-0.2, 0) is 0 Å². The van der Waals surface area contributed by atoms with Crippen molar-refractivity contribution in [1.82, 2.24) is 15.0 Å². The molecule has 3 heteroatoms. The molecular weight excluding hydrogens is 246 g/mol. The van der Waals surface area contributed by atoms with Gasteiger partial charge in [-0.3, -0.25) is 0 Å². The summed E-state index contributed by atoms with van der Waals surface area (Å²) in [5.74, 6) is 0.286. The monoisotopic (exact) mass is 261 g/mol. The predicted molar refractivity (Wildman–Crippen MR) is 81.9 cm³/mol. The lowest BCUT2D eigenvalue weighted by molar-refractivity contribution is 0.890. The summed E-state index contributed by atoms with van der Waals surface area (Å²) in [6, 6.07) is 14.9. The summed E-state index contributed by atoms with van der Waals surface area (Å²) in [4.78, 5) is 10.9. The summed E-state index contributed by atoms with van der Waals surface area (Å²) in [7, 11) is 0. The molecular formula is C17H15N3. The summed E-state index contributed by atoms with van der Waals surface area (Å²) < 4.78 is 0. The van der Waals surface area contributed by atoms with Crippen LogP contribution in [0.2, 0.25) is 0 Å². The van der Waals surface area contributed by atoms with Gasteiger partial charge in [0.1, 0.15) is 0 Å². The number of hydrogen-bond acceptors (Lipinski definition) is 1. The smallest absolute Gasteiger partial charge is 0.0921 e. The Morgan fingerprint density at radius 1 is 1.00 bits per heavy atom. The van der Waals surface area contributed by atoms with Crippen molar-refractivity contribution in [2.24, 2.45) is 0 Å². The molecule has 2 aromatic carbocycles. The lowest BCUT2D eigenvalue weighted by Gasteiger charge is -2.11. The third-order valence-electron chi connectivity index (χ3n) is 4.03. The van der Waals surface area contributed by atoms with Crippen LogP contribution in [0, 0.1) is 0 Å². The first kappa shape index (κ1) is 11.3. The normalized spacial score (nSPS) is 13.1. The van der Waals surface area contributed by atoms with Crippen molar-refractivity contribution in [3.05, 3.63) is 66.2 Å². The first-order valence-electron chi connectivity index (χ1n) is 6.82. The van der Waals surface area contributed by atoms with E-state index in [1.165, 1.54) is 27.4 Å². The molecule has 20 heavy (non-hydrogen) atoms. The standard InChI is InChI=1S/C17H15N3/c1-11(16-9-18-10-19-16)12-6-4-7-14-13-5-2-3-8-15(13)20-17(12)14/h2-11,20H,1H3,(H,18,19). The van der Waals surface area contributed by atoms with Gasteiger partial charge in [0.15, 0.2) is 0 Å². The van der Waals surface area contributed by atoms with Crippen LogP contribution in [-0.4, -0.2) is 15.0 Å². The molecule has 2 heterocycles. The topological polar surface area (TPSA) is 44.5 Å². The SMILES string of the molecule is CC(c1cnc[nH]1)c1cccc2c1[nH]c1ccccc12. The molecule has 2 N–H and O–H groups in total. The second-order valence-corrected chi connectivity index (χ2v) is 5.17. The number of fused-ring (bicyclic) bond motifs is 3. The van der Waals surface area contributed by atoms with Crippen molar-refractivity contribution >= 4 is 21.8 Å². The van der Waals surface area contributed by atoms with Crippen molar-refractivity contribution in [3.63, 3.8) is 0 Å². The molecule has 4 rings (SSSR count). The van der Waals surface area contributed by atoms with Gasteiger partial charge in [-0.1, -0.05) is 43.3 Å². The van der Waals surface area contributed by atoms with Crippen molar-refractivity contribution in [3.8, 4) is 0 Å². The quantitative estimate of drug-likeness (QED) is 0.558. The van der Waals surface area contributed by atoms with Crippen LogP contribution in [0.4, 0.5) is 0 Å². The average Bonchev–Trinajstić information content (AvgIpc) is 3.13. The second kappa shape index (κ2) is 4.23. The van der Waals surface area contributed by atoms with Crippen molar-refractivity contribution in [2.75, 3.05) is 0 Å². The Bertz CT molecular complexity index is 872. The number of aromatic nitrogens is 3. The van der Waals surface area contributed by atoms with E-state index in [9.17, 15) is 0 Å². The summed E-state index contributed by atoms with van der Waals surface area (Å²) in [6.45, 7) is 2.20. The fourth-order valence-electron chi connectivity index (χ4n) is 2.93. The number of hydrogen-bond donors (Lipinski definition) is 2. The fourth-order valence-corrected chi connectivity index (χ4v) is 2.93. The van der Waals surface area contributed by atoms with E-state index < -0.39 is 0 Å². The van der Waals surface area contributed by atoms with E-state index in [-0.39, 0.29) is 5.92 Å². The lowest BCUT2D eigenvalue weighted by Crippen LogP contribution is -1.97. The first-order chi connectivity index (χ1) is 9.84. The zero-order chi connectivity index (χ0) is 13.5. The molecule has 0 bridgehead atoms. The number of imidazole rings is 1. The number of H-pyrrole nitrogens is 2. The van der Waals surface area contributed by atoms with Gasteiger partial charge >= 0.3 is 0 Å². The van der Waals surface area contributed by atoms with Crippen LogP contribution >= 0.6 is 0 Å². The fraction of sp³-hybridized carbons (Fsp3) is 0.118. The van der Waals surface area contributed by atoms with Gasteiger partial charge < -0.3 is 9.97 Å². The van der Waals surface area contributed by atoms with Crippen LogP contribution in [0.25, 0.3) is 21.8 Å². The van der Waals surface area contributed by atoms with Crippen LogP contribution in [0.1, 0.15) is 24.1 Å². The van der Waals surface area contributed by atoms with Crippen LogP contribution in [0.15, 0.2) is 55.0 Å². The number of para-hydroxylation sites is 2. The highest BCUT2D eigenvalue weighted by Crippen LogP contribution is 2.32. The number of benzene rings is 2. The molecule has 0 fully saturated rings. The van der Waals surface area contributed by atoms with Crippen LogP contribution in [0.5, 0.6) is 0 Å². The minimum atomic E-state index is 0.286. The highest BCUT2D eigenvalue weighted by molar-refractivity contribution is 6.08. The molecule has 0 aliphatic carbocycles. The van der Waals surface area contributed by atoms with E-state index in [1.807, 2.05) is 6.20 Å². The highest BCUT2D eigenvalue weighted by atomic mass is 14.9. The van der Waals surface area contributed by atoms with E-state index in [2.05, 4.69) is 64.3 Å². The number of nitrogens with zero attached hydrogens (tertiary/aromatic N) is 1. The Labute approximate surface area is 116 Å². The van der Waals surface area contributed by atoms with Crippen molar-refractivity contribution < 1.29 is 0 Å². The zero-order valence-corrected chi connectivity index (χ0v) is 11.2. The van der Waals surface area contributed by atoms with Gasteiger partial charge in [0.05, 0.1) is 11.8 Å². The summed E-state index contributed by atoms with van der Waals surface area (Å²) in [6.07, 6.45) is 3.63. The molecule has 1 atom stereocenters. The van der Waals surface area contributed by atoms with Gasteiger partial charge in [0, 0.05) is 34.1 Å². The Balaban J connectivity index is 2.00. The maximum absolute atomic E-state index is 4.13. The maximum atomic E-state index is 4.13. The molecule has 0 aliphatic rings. The summed E-state index contributed by atoms with van der Waals surface area (Å²) >= 11 is 0. The van der Waals surface area contributed by atoms with E-state index >= 15 is 0 Å². The van der Waals surface area contributed by atoms with Gasteiger partial charge in [-0.05, 0) is 11.6 Å². The van der Waals surface area contributed by atoms with E-state index in [4.69, 9.17) is 0 Å². The van der Waals surface area contributed by atoms with Gasteiger partial charge in [-0.15, -0.1) is 0 Å². The molecule has 0 aliphatic heterocycles. The zero-order valence-electron chi connectivity index (χ0n) is 11.2. The van der Waals surface area contributed by atoms with Crippen LogP contribution in [0.3, 0.4) is 0 Å². The summed E-state index contributed by atoms with van der Waals surface area (Å²) in [5.41, 5.74) is 4.83. The minimum absolute atomic E-state index is 0.286. The number of rotatable bonds is 2. The first-order valence-corrected chi connectivity index (χ1v) is 6.82. The molecule has 1 unspecified atom stereocenters. The van der Waals surface area contributed by atoms with Gasteiger partial charge in [-0.25, -0.2) is 4.98 Å². The molecule has 0 saturated carbocycles. The number of nitrogens with one attached hydrogen (secondary N) is 2. The predicted octanol–water partition coefficient (Wildman–Crippen LogP) is 4.20. The van der Waals surface area contributed by atoms with Gasteiger partial charge in [0.25, 0.3) is 0 Å². The molecule has 0 saturated heterocycles. The molecule has 0 amide bonds. The van der Waals surface area contributed by atoms with E-state index in [0.717, 1.165) is 5.69 Å². The number of aromatic amines is 2. The molecule has 98 valence electrons. The Morgan fingerprint density at radius 2 is 1.85 bits per heavy atom. The largest absolute Gasteiger partial charge is 0.354 e. The average molecular weight is 261 g/mol. The second-order valence-electron chi connectivity index (χ2n) is 5.17. The molecule has 0 radical (unpaired) electrons. The van der Waals surface area contributed by atoms with Crippen molar-refractivity contribution in [1.29, 1.82) is 0 Å². The minimum Gasteiger partial charge on any atom is -0.354 e. The summed E-state index contributed by atoms with van der Waals surface area (Å²) in [5, 5.41) is 2.56. The lowest BCUT2D eigenvalue weighted by atomic mass is 9.96. The third-order valence-corrected chi connectivity index (χ3v) is 4.03. The Kier molecular flexibility index (Phi) is 2.39. The Hall–Kier alpha value is -2.55.